The van der Waals surface area contributed by atoms with Crippen LogP contribution < -0.4 is 16.6 Å². The second-order valence-electron chi connectivity index (χ2n) is 4.40. The zero-order chi connectivity index (χ0) is 9.90. The molecular weight excluding hydrogens is 182 g/mol. The van der Waals surface area contributed by atoms with E-state index >= 15 is 0 Å². The fraction of sp³-hybridized carbons (Fsp3) is 0.889. The van der Waals surface area contributed by atoms with Crippen LogP contribution in [0.3, 0.4) is 0 Å². The quantitative estimate of drug-likeness (QED) is 0.340. The van der Waals surface area contributed by atoms with Crippen LogP contribution in [0, 0.1) is 5.41 Å². The van der Waals surface area contributed by atoms with Gasteiger partial charge in [-0.3, -0.25) is 0 Å². The molecule has 0 aromatic heterocycles. The third kappa shape index (κ3) is 2.81. The molecule has 1 aliphatic rings. The van der Waals surface area contributed by atoms with Crippen LogP contribution in [-0.2, 0) is 0 Å². The maximum atomic E-state index is 5.22. The lowest BCUT2D eigenvalue weighted by molar-refractivity contribution is 0.185. The highest BCUT2D eigenvalue weighted by Crippen LogP contribution is 2.35. The van der Waals surface area contributed by atoms with Crippen LogP contribution in [0.5, 0.6) is 0 Å². The van der Waals surface area contributed by atoms with Gasteiger partial charge in [0.1, 0.15) is 0 Å². The Labute approximate surface area is 85.4 Å². The number of hydrogen-bond acceptors (Lipinski definition) is 2. The minimum atomic E-state index is 0.332. The van der Waals surface area contributed by atoms with Gasteiger partial charge in [0.15, 0.2) is 5.11 Å². The summed E-state index contributed by atoms with van der Waals surface area (Å²) in [7, 11) is 0. The largest absolute Gasteiger partial charge is 0.358 e. The van der Waals surface area contributed by atoms with Crippen molar-refractivity contribution < 1.29 is 0 Å². The van der Waals surface area contributed by atoms with Crippen LogP contribution in [-0.4, -0.2) is 11.2 Å². The molecule has 4 N–H and O–H groups in total. The minimum absolute atomic E-state index is 0.332. The highest BCUT2D eigenvalue weighted by atomic mass is 32.1. The summed E-state index contributed by atoms with van der Waals surface area (Å²) < 4.78 is 0. The molecule has 0 saturated heterocycles. The lowest BCUT2D eigenvalue weighted by Crippen LogP contribution is -2.51. The first kappa shape index (κ1) is 10.7. The van der Waals surface area contributed by atoms with Crippen molar-refractivity contribution in [2.45, 2.75) is 45.6 Å². The number of hydrazine groups is 1. The number of nitrogens with two attached hydrogens (primary N) is 1. The average Bonchev–Trinajstić information content (AvgIpc) is 2.08. The maximum absolute atomic E-state index is 5.22. The Morgan fingerprint density at radius 2 is 2.15 bits per heavy atom. The zero-order valence-electron chi connectivity index (χ0n) is 8.39. The first-order valence-electron chi connectivity index (χ1n) is 4.83. The van der Waals surface area contributed by atoms with E-state index in [9.17, 15) is 0 Å². The van der Waals surface area contributed by atoms with Crippen LogP contribution in [0.25, 0.3) is 0 Å². The highest BCUT2D eigenvalue weighted by Gasteiger charge is 2.32. The van der Waals surface area contributed by atoms with Gasteiger partial charge in [-0.05, 0) is 30.5 Å². The molecule has 0 amide bonds. The van der Waals surface area contributed by atoms with Crippen LogP contribution in [0.4, 0.5) is 0 Å². The van der Waals surface area contributed by atoms with E-state index in [-0.39, 0.29) is 0 Å². The normalized spacial score (nSPS) is 26.5. The fourth-order valence-corrected chi connectivity index (χ4v) is 2.10. The van der Waals surface area contributed by atoms with Gasteiger partial charge in [0, 0.05) is 6.04 Å². The Morgan fingerprint density at radius 3 is 2.69 bits per heavy atom. The number of nitrogens with one attached hydrogen (secondary N) is 2. The molecule has 0 aromatic carbocycles. The summed E-state index contributed by atoms with van der Waals surface area (Å²) in [5.41, 5.74) is 2.80. The second kappa shape index (κ2) is 4.24. The van der Waals surface area contributed by atoms with Gasteiger partial charge in [-0.15, -0.1) is 0 Å². The van der Waals surface area contributed by atoms with Gasteiger partial charge in [-0.1, -0.05) is 26.7 Å². The first-order chi connectivity index (χ1) is 6.06. The molecule has 1 unspecified atom stereocenters. The first-order valence-corrected chi connectivity index (χ1v) is 5.24. The molecule has 0 bridgehead atoms. The molecule has 13 heavy (non-hydrogen) atoms. The molecule has 4 heteroatoms. The molecule has 1 saturated carbocycles. The van der Waals surface area contributed by atoms with Crippen molar-refractivity contribution in [3.63, 3.8) is 0 Å². The molecular formula is C9H19N3S. The Kier molecular flexibility index (Phi) is 3.50. The molecule has 76 valence electrons. The Balaban J connectivity index is 2.51. The molecule has 0 aromatic rings. The Bertz CT molecular complexity index is 191. The summed E-state index contributed by atoms with van der Waals surface area (Å²) >= 11 is 4.99. The summed E-state index contributed by atoms with van der Waals surface area (Å²) in [6, 6.07) is 0.463. The fourth-order valence-electron chi connectivity index (χ4n) is 1.96. The number of hydrogen-bond donors (Lipinski definition) is 3. The summed E-state index contributed by atoms with van der Waals surface area (Å²) in [6.45, 7) is 4.56. The minimum Gasteiger partial charge on any atom is -0.358 e. The summed E-state index contributed by atoms with van der Waals surface area (Å²) in [6.07, 6.45) is 5.06. The van der Waals surface area contributed by atoms with E-state index in [0.717, 1.165) is 0 Å². The van der Waals surface area contributed by atoms with Crippen molar-refractivity contribution in [2.24, 2.45) is 11.3 Å². The molecule has 1 atom stereocenters. The van der Waals surface area contributed by atoms with Crippen LogP contribution in [0.2, 0.25) is 0 Å². The average molecular weight is 201 g/mol. The lowest BCUT2D eigenvalue weighted by atomic mass is 9.73. The zero-order valence-corrected chi connectivity index (χ0v) is 9.21. The third-order valence-electron chi connectivity index (χ3n) is 2.94. The van der Waals surface area contributed by atoms with E-state index in [0.29, 0.717) is 16.6 Å². The van der Waals surface area contributed by atoms with Crippen molar-refractivity contribution >= 4 is 17.3 Å². The SMILES string of the molecule is CC1(C)CCCCC1NC(=S)NN. The summed E-state index contributed by atoms with van der Waals surface area (Å²) in [5.74, 6) is 5.22. The van der Waals surface area contributed by atoms with Gasteiger partial charge in [-0.2, -0.15) is 0 Å². The second-order valence-corrected chi connectivity index (χ2v) is 4.81. The summed E-state index contributed by atoms with van der Waals surface area (Å²) in [4.78, 5) is 0. The molecule has 0 aliphatic heterocycles. The standard InChI is InChI=1S/C9H19N3S/c1-9(2)6-4-3-5-7(9)11-8(13)12-10/h7H,3-6,10H2,1-2H3,(H2,11,12,13). The Hall–Kier alpha value is -0.350. The summed E-state index contributed by atoms with van der Waals surface area (Å²) in [5, 5.41) is 3.81. The van der Waals surface area contributed by atoms with E-state index in [1.807, 2.05) is 0 Å². The van der Waals surface area contributed by atoms with Gasteiger partial charge in [0.2, 0.25) is 0 Å². The third-order valence-corrected chi connectivity index (χ3v) is 3.18. The monoisotopic (exact) mass is 201 g/mol. The number of rotatable bonds is 1. The number of thiocarbonyl (C=S) groups is 1. The van der Waals surface area contributed by atoms with Gasteiger partial charge in [0.25, 0.3) is 0 Å². The van der Waals surface area contributed by atoms with Crippen molar-refractivity contribution in [1.82, 2.24) is 10.7 Å². The van der Waals surface area contributed by atoms with Gasteiger partial charge >= 0.3 is 0 Å². The smallest absolute Gasteiger partial charge is 0.180 e. The molecule has 1 aliphatic carbocycles. The van der Waals surface area contributed by atoms with Gasteiger partial charge in [-0.25, -0.2) is 5.84 Å². The van der Waals surface area contributed by atoms with Gasteiger partial charge < -0.3 is 10.7 Å². The molecule has 1 rings (SSSR count). The van der Waals surface area contributed by atoms with Crippen LogP contribution >= 0.6 is 12.2 Å². The lowest BCUT2D eigenvalue weighted by Gasteiger charge is -2.39. The van der Waals surface area contributed by atoms with E-state index in [4.69, 9.17) is 18.1 Å². The van der Waals surface area contributed by atoms with E-state index in [1.54, 1.807) is 0 Å². The molecule has 0 spiro atoms. The molecule has 0 heterocycles. The van der Waals surface area contributed by atoms with E-state index < -0.39 is 0 Å². The van der Waals surface area contributed by atoms with Crippen molar-refractivity contribution in [2.75, 3.05) is 0 Å². The Morgan fingerprint density at radius 1 is 1.46 bits per heavy atom. The highest BCUT2D eigenvalue weighted by molar-refractivity contribution is 7.80. The van der Waals surface area contributed by atoms with E-state index in [2.05, 4.69) is 24.6 Å². The predicted molar refractivity (Wildman–Crippen MR) is 59.1 cm³/mol. The predicted octanol–water partition coefficient (Wildman–Crippen LogP) is 1.29. The van der Waals surface area contributed by atoms with E-state index in [1.165, 1.54) is 25.7 Å². The molecule has 3 nitrogen and oxygen atoms in total. The topological polar surface area (TPSA) is 50.1 Å². The maximum Gasteiger partial charge on any atom is 0.180 e. The molecule has 0 radical (unpaired) electrons. The molecule has 1 fully saturated rings. The van der Waals surface area contributed by atoms with Crippen molar-refractivity contribution in [3.8, 4) is 0 Å². The van der Waals surface area contributed by atoms with Crippen molar-refractivity contribution in [3.05, 3.63) is 0 Å². The van der Waals surface area contributed by atoms with Gasteiger partial charge in [0.05, 0.1) is 0 Å². The van der Waals surface area contributed by atoms with Crippen molar-refractivity contribution in [1.29, 1.82) is 0 Å². The van der Waals surface area contributed by atoms with Crippen LogP contribution in [0.15, 0.2) is 0 Å². The van der Waals surface area contributed by atoms with Crippen LogP contribution in [0.1, 0.15) is 39.5 Å².